The number of hydrogen-bond acceptors (Lipinski definition) is 4. The zero-order valence-corrected chi connectivity index (χ0v) is 17.6. The minimum absolute atomic E-state index is 0.137. The standard InChI is InChI=1S/C24H23O6P/c25-16-24(30-31(26,27)28)18-29-17-21-10-8-19(9-11-21)6-7-20-12-14-23(15-13-20)22-4-2-1-3-5-22/h1-5,8-15,24-25H,16-18H2,(H2,26,27,28)/t24-/m1/s1. The molecule has 3 rings (SSSR count). The quantitative estimate of drug-likeness (QED) is 0.366. The molecule has 3 aromatic carbocycles. The van der Waals surface area contributed by atoms with Crippen LogP contribution in [0.3, 0.4) is 0 Å². The highest BCUT2D eigenvalue weighted by molar-refractivity contribution is 7.46. The van der Waals surface area contributed by atoms with Gasteiger partial charge in [-0.25, -0.2) is 4.57 Å². The van der Waals surface area contributed by atoms with E-state index in [2.05, 4.69) is 40.6 Å². The molecule has 1 atom stereocenters. The van der Waals surface area contributed by atoms with E-state index in [4.69, 9.17) is 19.6 Å². The van der Waals surface area contributed by atoms with Crippen LogP contribution in [0, 0.1) is 11.8 Å². The maximum Gasteiger partial charge on any atom is 0.470 e. The fourth-order valence-corrected chi connectivity index (χ4v) is 3.34. The SMILES string of the molecule is O=P(O)(O)O[C@H](CO)COCc1ccc(C#Cc2ccc(-c3ccccc3)cc2)cc1. The Morgan fingerprint density at radius 3 is 1.90 bits per heavy atom. The second kappa shape index (κ2) is 11.0. The Bertz CT molecular complexity index is 1060. The van der Waals surface area contributed by atoms with E-state index in [0.717, 1.165) is 22.3 Å². The molecule has 0 aromatic heterocycles. The third-order valence-corrected chi connectivity index (χ3v) is 4.93. The van der Waals surface area contributed by atoms with Gasteiger partial charge in [0.25, 0.3) is 0 Å². The van der Waals surface area contributed by atoms with Crippen LogP contribution in [0.1, 0.15) is 16.7 Å². The summed E-state index contributed by atoms with van der Waals surface area (Å²) in [4.78, 5) is 17.5. The maximum absolute atomic E-state index is 10.8. The molecule has 7 heteroatoms. The Kier molecular flexibility index (Phi) is 8.16. The number of benzene rings is 3. The van der Waals surface area contributed by atoms with Crippen molar-refractivity contribution in [3.63, 3.8) is 0 Å². The molecule has 0 heterocycles. The molecule has 0 amide bonds. The number of hydrogen-bond donors (Lipinski definition) is 3. The summed E-state index contributed by atoms with van der Waals surface area (Å²) in [6.45, 7) is -0.468. The molecule has 0 saturated carbocycles. The molecule has 0 spiro atoms. The van der Waals surface area contributed by atoms with Gasteiger partial charge in [0.05, 0.1) is 19.8 Å². The zero-order chi connectivity index (χ0) is 22.1. The second-order valence-corrected chi connectivity index (χ2v) is 8.00. The van der Waals surface area contributed by atoms with Crippen molar-refractivity contribution in [3.05, 3.63) is 95.6 Å². The number of aliphatic hydroxyl groups is 1. The lowest BCUT2D eigenvalue weighted by Crippen LogP contribution is -2.22. The predicted molar refractivity (Wildman–Crippen MR) is 118 cm³/mol. The molecule has 0 fully saturated rings. The van der Waals surface area contributed by atoms with Crippen LogP contribution in [0.4, 0.5) is 0 Å². The lowest BCUT2D eigenvalue weighted by Gasteiger charge is -2.15. The third-order valence-electron chi connectivity index (χ3n) is 4.36. The van der Waals surface area contributed by atoms with E-state index >= 15 is 0 Å². The molecular formula is C24H23O6P. The van der Waals surface area contributed by atoms with Crippen molar-refractivity contribution in [2.45, 2.75) is 12.7 Å². The first-order valence-electron chi connectivity index (χ1n) is 9.62. The van der Waals surface area contributed by atoms with Gasteiger partial charge in [-0.1, -0.05) is 66.4 Å². The van der Waals surface area contributed by atoms with E-state index in [9.17, 15) is 4.57 Å². The molecule has 3 N–H and O–H groups in total. The highest BCUT2D eigenvalue weighted by Gasteiger charge is 2.21. The van der Waals surface area contributed by atoms with Gasteiger partial charge in [0.1, 0.15) is 6.10 Å². The molecule has 0 saturated heterocycles. The van der Waals surface area contributed by atoms with Gasteiger partial charge in [0.15, 0.2) is 0 Å². The lowest BCUT2D eigenvalue weighted by molar-refractivity contribution is -0.000659. The average molecular weight is 438 g/mol. The van der Waals surface area contributed by atoms with Gasteiger partial charge >= 0.3 is 7.82 Å². The molecule has 0 aliphatic heterocycles. The lowest BCUT2D eigenvalue weighted by atomic mass is 10.0. The van der Waals surface area contributed by atoms with Crippen LogP contribution in [0.25, 0.3) is 11.1 Å². The number of phosphoric acid groups is 1. The van der Waals surface area contributed by atoms with Crippen LogP contribution < -0.4 is 0 Å². The number of rotatable bonds is 8. The van der Waals surface area contributed by atoms with Crippen LogP contribution in [0.15, 0.2) is 78.9 Å². The van der Waals surface area contributed by atoms with E-state index in [1.165, 1.54) is 5.56 Å². The Hall–Kier alpha value is -2.75. The van der Waals surface area contributed by atoms with Crippen LogP contribution in [-0.4, -0.2) is 34.2 Å². The molecule has 6 nitrogen and oxygen atoms in total. The summed E-state index contributed by atoms with van der Waals surface area (Å²) in [5.74, 6) is 6.27. The summed E-state index contributed by atoms with van der Waals surface area (Å²) >= 11 is 0. The minimum Gasteiger partial charge on any atom is -0.394 e. The molecule has 0 aliphatic rings. The third kappa shape index (κ3) is 7.78. The van der Waals surface area contributed by atoms with Gasteiger partial charge in [0.2, 0.25) is 0 Å². The van der Waals surface area contributed by atoms with Crippen molar-refractivity contribution >= 4 is 7.82 Å². The van der Waals surface area contributed by atoms with Crippen molar-refractivity contribution < 1.29 is 28.7 Å². The number of ether oxygens (including phenoxy) is 1. The summed E-state index contributed by atoms with van der Waals surface area (Å²) in [5.41, 5.74) is 4.95. The Morgan fingerprint density at radius 2 is 1.35 bits per heavy atom. The monoisotopic (exact) mass is 438 g/mol. The van der Waals surface area contributed by atoms with E-state index in [0.29, 0.717) is 0 Å². The van der Waals surface area contributed by atoms with E-state index in [1.807, 2.05) is 54.6 Å². The highest BCUT2D eigenvalue weighted by Crippen LogP contribution is 2.37. The Labute approximate surface area is 181 Å². The first-order chi connectivity index (χ1) is 14.9. The van der Waals surface area contributed by atoms with Crippen LogP contribution in [-0.2, 0) is 20.4 Å². The van der Waals surface area contributed by atoms with Crippen LogP contribution in [0.5, 0.6) is 0 Å². The summed E-state index contributed by atoms with van der Waals surface area (Å²) < 4.78 is 20.6. The summed E-state index contributed by atoms with van der Waals surface area (Å²) in [7, 11) is -4.66. The molecule has 160 valence electrons. The van der Waals surface area contributed by atoms with Gasteiger partial charge in [-0.2, -0.15) is 0 Å². The van der Waals surface area contributed by atoms with Crippen molar-refractivity contribution in [3.8, 4) is 23.0 Å². The second-order valence-electron chi connectivity index (χ2n) is 6.81. The van der Waals surface area contributed by atoms with E-state index in [-0.39, 0.29) is 13.2 Å². The molecule has 0 unspecified atom stereocenters. The fourth-order valence-electron chi connectivity index (χ4n) is 2.82. The van der Waals surface area contributed by atoms with Gasteiger partial charge < -0.3 is 19.6 Å². The Morgan fingerprint density at radius 1 is 0.806 bits per heavy atom. The van der Waals surface area contributed by atoms with Crippen molar-refractivity contribution in [2.24, 2.45) is 0 Å². The molecule has 0 radical (unpaired) electrons. The summed E-state index contributed by atoms with van der Waals surface area (Å²) in [5, 5.41) is 9.09. The molecule has 31 heavy (non-hydrogen) atoms. The first kappa shape index (κ1) is 22.9. The van der Waals surface area contributed by atoms with Crippen LogP contribution in [0.2, 0.25) is 0 Å². The minimum atomic E-state index is -4.66. The maximum atomic E-state index is 10.8. The fraction of sp³-hybridized carbons (Fsp3) is 0.167. The highest BCUT2D eigenvalue weighted by atomic mass is 31.2. The summed E-state index contributed by atoms with van der Waals surface area (Å²) in [6, 6.07) is 25.7. The molecular weight excluding hydrogens is 415 g/mol. The number of aliphatic hydroxyl groups excluding tert-OH is 1. The van der Waals surface area contributed by atoms with Gasteiger partial charge in [-0.3, -0.25) is 4.52 Å². The van der Waals surface area contributed by atoms with Crippen molar-refractivity contribution in [1.29, 1.82) is 0 Å². The molecule has 0 bridgehead atoms. The zero-order valence-electron chi connectivity index (χ0n) is 16.7. The first-order valence-corrected chi connectivity index (χ1v) is 11.1. The van der Waals surface area contributed by atoms with E-state index in [1.54, 1.807) is 0 Å². The number of phosphoric ester groups is 1. The van der Waals surface area contributed by atoms with Gasteiger partial charge in [0, 0.05) is 11.1 Å². The van der Waals surface area contributed by atoms with Crippen molar-refractivity contribution in [1.82, 2.24) is 0 Å². The topological polar surface area (TPSA) is 96.2 Å². The normalized spacial score (nSPS) is 12.1. The van der Waals surface area contributed by atoms with Gasteiger partial charge in [-0.15, -0.1) is 0 Å². The molecule has 3 aromatic rings. The average Bonchev–Trinajstić information content (AvgIpc) is 2.78. The molecule has 0 aliphatic carbocycles. The van der Waals surface area contributed by atoms with Crippen molar-refractivity contribution in [2.75, 3.05) is 13.2 Å². The predicted octanol–water partition coefficient (Wildman–Crippen LogP) is 3.74. The smallest absolute Gasteiger partial charge is 0.394 e. The largest absolute Gasteiger partial charge is 0.470 e. The van der Waals surface area contributed by atoms with Gasteiger partial charge in [-0.05, 0) is 41.0 Å². The van der Waals surface area contributed by atoms with Crippen LogP contribution >= 0.6 is 7.82 Å². The van der Waals surface area contributed by atoms with E-state index < -0.39 is 20.5 Å². The summed E-state index contributed by atoms with van der Waals surface area (Å²) in [6.07, 6.45) is -1.08. The Balaban J connectivity index is 1.53.